The summed E-state index contributed by atoms with van der Waals surface area (Å²) in [5.41, 5.74) is 3.41. The van der Waals surface area contributed by atoms with Gasteiger partial charge in [-0.2, -0.15) is 5.10 Å². The second kappa shape index (κ2) is 11.3. The SMILES string of the molecule is O=C(COc1ccc(/C=N\NC(=O)C(=O)Nc2cccc3ccccc23)cc1)NCc1ccco1. The van der Waals surface area contributed by atoms with E-state index in [0.29, 0.717) is 22.8 Å². The predicted octanol–water partition coefficient (Wildman–Crippen LogP) is 3.22. The number of rotatable bonds is 8. The maximum atomic E-state index is 12.2. The van der Waals surface area contributed by atoms with Crippen LogP contribution in [0.5, 0.6) is 5.75 Å². The third kappa shape index (κ3) is 6.55. The van der Waals surface area contributed by atoms with Crippen molar-refractivity contribution < 1.29 is 23.5 Å². The summed E-state index contributed by atoms with van der Waals surface area (Å²) in [5, 5.41) is 10.9. The average Bonchev–Trinajstić information content (AvgIpc) is 3.41. The third-order valence-corrected chi connectivity index (χ3v) is 4.91. The Kier molecular flexibility index (Phi) is 7.49. The van der Waals surface area contributed by atoms with E-state index in [4.69, 9.17) is 9.15 Å². The summed E-state index contributed by atoms with van der Waals surface area (Å²) in [5.74, 6) is -0.854. The molecule has 0 saturated heterocycles. The van der Waals surface area contributed by atoms with E-state index in [1.54, 1.807) is 48.5 Å². The van der Waals surface area contributed by atoms with Crippen LogP contribution in [0, 0.1) is 0 Å². The van der Waals surface area contributed by atoms with E-state index in [0.717, 1.165) is 10.8 Å². The van der Waals surface area contributed by atoms with Crippen molar-refractivity contribution >= 4 is 40.4 Å². The predicted molar refractivity (Wildman–Crippen MR) is 131 cm³/mol. The van der Waals surface area contributed by atoms with E-state index in [1.807, 2.05) is 30.3 Å². The van der Waals surface area contributed by atoms with Gasteiger partial charge in [-0.1, -0.05) is 36.4 Å². The van der Waals surface area contributed by atoms with Crippen molar-refractivity contribution in [3.05, 3.63) is 96.4 Å². The molecule has 0 radical (unpaired) electrons. The minimum atomic E-state index is -0.894. The van der Waals surface area contributed by atoms with Gasteiger partial charge < -0.3 is 19.8 Å². The maximum Gasteiger partial charge on any atom is 0.329 e. The normalized spacial score (nSPS) is 10.7. The van der Waals surface area contributed by atoms with Crippen LogP contribution in [0.25, 0.3) is 10.8 Å². The van der Waals surface area contributed by atoms with Crippen molar-refractivity contribution in [3.63, 3.8) is 0 Å². The second-order valence-corrected chi connectivity index (χ2v) is 7.39. The topological polar surface area (TPSA) is 122 Å². The van der Waals surface area contributed by atoms with Gasteiger partial charge in [0, 0.05) is 11.1 Å². The number of nitrogens with one attached hydrogen (secondary N) is 3. The minimum Gasteiger partial charge on any atom is -0.484 e. The highest BCUT2D eigenvalue weighted by molar-refractivity contribution is 6.40. The standard InChI is InChI=1S/C26H22N4O5/c31-24(27-16-21-7-4-14-34-21)17-35-20-12-10-18(11-13-20)15-28-30-26(33)25(32)29-23-9-3-6-19-5-1-2-8-22(19)23/h1-15H,16-17H2,(H,27,31)(H,29,32)(H,30,33)/b28-15-. The lowest BCUT2D eigenvalue weighted by Crippen LogP contribution is -2.32. The summed E-state index contributed by atoms with van der Waals surface area (Å²) in [4.78, 5) is 36.2. The molecule has 0 aliphatic heterocycles. The fraction of sp³-hybridized carbons (Fsp3) is 0.0769. The van der Waals surface area contributed by atoms with Gasteiger partial charge in [0.25, 0.3) is 5.91 Å². The molecule has 0 aliphatic rings. The second-order valence-electron chi connectivity index (χ2n) is 7.39. The van der Waals surface area contributed by atoms with E-state index >= 15 is 0 Å². The number of hydrogen-bond donors (Lipinski definition) is 3. The lowest BCUT2D eigenvalue weighted by Gasteiger charge is -2.08. The number of anilines is 1. The Morgan fingerprint density at radius 3 is 2.49 bits per heavy atom. The van der Waals surface area contributed by atoms with Gasteiger partial charge in [0.15, 0.2) is 6.61 Å². The average molecular weight is 470 g/mol. The van der Waals surface area contributed by atoms with Crippen LogP contribution >= 0.6 is 0 Å². The van der Waals surface area contributed by atoms with Crippen molar-refractivity contribution in [2.45, 2.75) is 6.54 Å². The molecule has 4 aromatic rings. The lowest BCUT2D eigenvalue weighted by atomic mass is 10.1. The van der Waals surface area contributed by atoms with Gasteiger partial charge in [-0.15, -0.1) is 0 Å². The summed E-state index contributed by atoms with van der Waals surface area (Å²) >= 11 is 0. The zero-order valence-electron chi connectivity index (χ0n) is 18.6. The molecular weight excluding hydrogens is 448 g/mol. The van der Waals surface area contributed by atoms with Gasteiger partial charge in [0.1, 0.15) is 11.5 Å². The smallest absolute Gasteiger partial charge is 0.329 e. The van der Waals surface area contributed by atoms with Crippen LogP contribution in [-0.4, -0.2) is 30.5 Å². The highest BCUT2D eigenvalue weighted by Gasteiger charge is 2.14. The Bertz CT molecular complexity index is 1340. The molecule has 9 heteroatoms. The molecule has 1 heterocycles. The first-order chi connectivity index (χ1) is 17.1. The fourth-order valence-electron chi connectivity index (χ4n) is 3.18. The molecule has 9 nitrogen and oxygen atoms in total. The summed E-state index contributed by atoms with van der Waals surface area (Å²) in [6, 6.07) is 23.2. The summed E-state index contributed by atoms with van der Waals surface area (Å²) in [7, 11) is 0. The van der Waals surface area contributed by atoms with Crippen LogP contribution in [0.15, 0.2) is 94.6 Å². The van der Waals surface area contributed by atoms with Gasteiger partial charge in [-0.25, -0.2) is 5.43 Å². The molecule has 0 unspecified atom stereocenters. The Hall–Kier alpha value is -4.92. The fourth-order valence-corrected chi connectivity index (χ4v) is 3.18. The summed E-state index contributed by atoms with van der Waals surface area (Å²) < 4.78 is 10.6. The number of carbonyl (C=O) groups excluding carboxylic acids is 3. The molecule has 3 aromatic carbocycles. The number of hydrazone groups is 1. The van der Waals surface area contributed by atoms with Gasteiger partial charge in [0.2, 0.25) is 0 Å². The Morgan fingerprint density at radius 2 is 1.69 bits per heavy atom. The van der Waals surface area contributed by atoms with E-state index in [9.17, 15) is 14.4 Å². The van der Waals surface area contributed by atoms with E-state index in [1.165, 1.54) is 12.5 Å². The number of ether oxygens (including phenoxy) is 1. The van der Waals surface area contributed by atoms with Gasteiger partial charge in [-0.3, -0.25) is 14.4 Å². The first kappa shape index (κ1) is 23.2. The molecular formula is C26H22N4O5. The lowest BCUT2D eigenvalue weighted by molar-refractivity contribution is -0.136. The minimum absolute atomic E-state index is 0.143. The highest BCUT2D eigenvalue weighted by atomic mass is 16.5. The Labute approximate surface area is 200 Å². The van der Waals surface area contributed by atoms with Crippen LogP contribution in [0.4, 0.5) is 5.69 Å². The van der Waals surface area contributed by atoms with Gasteiger partial charge >= 0.3 is 11.8 Å². The molecule has 3 amide bonds. The van der Waals surface area contributed by atoms with Gasteiger partial charge in [-0.05, 0) is 53.4 Å². The van der Waals surface area contributed by atoms with Crippen molar-refractivity contribution in [1.82, 2.24) is 10.7 Å². The molecule has 0 saturated carbocycles. The molecule has 0 bridgehead atoms. The number of amides is 3. The van der Waals surface area contributed by atoms with Crippen molar-refractivity contribution in [1.29, 1.82) is 0 Å². The summed E-state index contributed by atoms with van der Waals surface area (Å²) in [6.07, 6.45) is 2.93. The molecule has 176 valence electrons. The summed E-state index contributed by atoms with van der Waals surface area (Å²) in [6.45, 7) is 0.145. The quantitative estimate of drug-likeness (QED) is 0.207. The molecule has 0 fully saturated rings. The van der Waals surface area contributed by atoms with Crippen LogP contribution in [0.1, 0.15) is 11.3 Å². The largest absolute Gasteiger partial charge is 0.484 e. The van der Waals surface area contributed by atoms with Crippen molar-refractivity contribution in [2.24, 2.45) is 5.10 Å². The molecule has 35 heavy (non-hydrogen) atoms. The highest BCUT2D eigenvalue weighted by Crippen LogP contribution is 2.22. The van der Waals surface area contributed by atoms with Crippen LogP contribution in [0.2, 0.25) is 0 Å². The first-order valence-corrected chi connectivity index (χ1v) is 10.7. The van der Waals surface area contributed by atoms with Crippen LogP contribution in [0.3, 0.4) is 0 Å². The number of nitrogens with zero attached hydrogens (tertiary/aromatic N) is 1. The molecule has 1 aromatic heterocycles. The number of fused-ring (bicyclic) bond motifs is 1. The van der Waals surface area contributed by atoms with Crippen LogP contribution < -0.4 is 20.8 Å². The van der Waals surface area contributed by atoms with Crippen LogP contribution in [-0.2, 0) is 20.9 Å². The Balaban J connectivity index is 1.22. The molecule has 3 N–H and O–H groups in total. The van der Waals surface area contributed by atoms with Crippen molar-refractivity contribution in [3.8, 4) is 5.75 Å². The van der Waals surface area contributed by atoms with E-state index in [2.05, 4.69) is 21.2 Å². The first-order valence-electron chi connectivity index (χ1n) is 10.7. The zero-order valence-corrected chi connectivity index (χ0v) is 18.6. The molecule has 0 atom stereocenters. The molecule has 4 rings (SSSR count). The number of hydrogen-bond acceptors (Lipinski definition) is 6. The number of furan rings is 1. The van der Waals surface area contributed by atoms with E-state index < -0.39 is 11.8 Å². The Morgan fingerprint density at radius 1 is 0.886 bits per heavy atom. The number of carbonyl (C=O) groups is 3. The monoisotopic (exact) mass is 470 g/mol. The molecule has 0 spiro atoms. The third-order valence-electron chi connectivity index (χ3n) is 4.91. The van der Waals surface area contributed by atoms with E-state index in [-0.39, 0.29) is 19.1 Å². The van der Waals surface area contributed by atoms with Crippen molar-refractivity contribution in [2.75, 3.05) is 11.9 Å². The maximum absolute atomic E-state index is 12.2. The van der Waals surface area contributed by atoms with Gasteiger partial charge in [0.05, 0.1) is 19.0 Å². The number of benzene rings is 3. The zero-order chi connectivity index (χ0) is 24.5. The molecule has 0 aliphatic carbocycles.